The van der Waals surface area contributed by atoms with Gasteiger partial charge in [0.2, 0.25) is 5.91 Å². The average Bonchev–Trinajstić information content (AvgIpc) is 3.23. The number of benzene rings is 2. The van der Waals surface area contributed by atoms with E-state index in [4.69, 9.17) is 4.74 Å². The third kappa shape index (κ3) is 5.61. The van der Waals surface area contributed by atoms with E-state index >= 15 is 0 Å². The van der Waals surface area contributed by atoms with Gasteiger partial charge in [0, 0.05) is 22.6 Å². The fraction of sp³-hybridized carbons (Fsp3) is 0.0833. The average molecular weight is 429 g/mol. The normalized spacial score (nSPS) is 10.9. The molecule has 0 unspecified atom stereocenters. The molecule has 0 aliphatic rings. The van der Waals surface area contributed by atoms with Crippen LogP contribution < -0.4 is 10.1 Å². The van der Waals surface area contributed by atoms with Crippen LogP contribution in [0.3, 0.4) is 0 Å². The lowest BCUT2D eigenvalue weighted by Crippen LogP contribution is -2.08. The monoisotopic (exact) mass is 428 g/mol. The van der Waals surface area contributed by atoms with Crippen molar-refractivity contribution >= 4 is 29.0 Å². The summed E-state index contributed by atoms with van der Waals surface area (Å²) in [5.74, 6) is 1.02. The molecule has 2 heterocycles. The van der Waals surface area contributed by atoms with Crippen molar-refractivity contribution in [1.29, 1.82) is 0 Å². The summed E-state index contributed by atoms with van der Waals surface area (Å²) in [4.78, 5) is 25.4. The largest absolute Gasteiger partial charge is 0.487 e. The van der Waals surface area contributed by atoms with Crippen LogP contribution >= 0.6 is 11.3 Å². The van der Waals surface area contributed by atoms with Crippen LogP contribution in [-0.2, 0) is 11.4 Å². The van der Waals surface area contributed by atoms with Gasteiger partial charge >= 0.3 is 0 Å². The summed E-state index contributed by atoms with van der Waals surface area (Å²) in [5.41, 5.74) is 3.14. The summed E-state index contributed by atoms with van der Waals surface area (Å²) in [5, 5.41) is 5.75. The van der Waals surface area contributed by atoms with Crippen molar-refractivity contribution in [3.05, 3.63) is 94.7 Å². The van der Waals surface area contributed by atoms with Crippen molar-refractivity contribution in [1.82, 2.24) is 15.0 Å². The van der Waals surface area contributed by atoms with Gasteiger partial charge in [0.1, 0.15) is 12.4 Å². The minimum absolute atomic E-state index is 0.277. The molecule has 0 aliphatic carbocycles. The Bertz CT molecular complexity index is 1190. The third-order valence-electron chi connectivity index (χ3n) is 4.33. The minimum atomic E-state index is -0.277. The molecule has 1 amide bonds. The first-order chi connectivity index (χ1) is 15.2. The molecule has 0 saturated carbocycles. The lowest BCUT2D eigenvalue weighted by Gasteiger charge is -2.08. The summed E-state index contributed by atoms with van der Waals surface area (Å²) in [6.45, 7) is 2.34. The Labute approximate surface area is 184 Å². The molecule has 2 aromatic heterocycles. The summed E-state index contributed by atoms with van der Waals surface area (Å²) in [6, 6.07) is 17.2. The first kappa shape index (κ1) is 20.4. The number of carbonyl (C=O) groups excluding carboxylic acids is 1. The van der Waals surface area contributed by atoms with Crippen LogP contribution in [-0.4, -0.2) is 20.9 Å². The molecule has 154 valence electrons. The molecule has 0 saturated heterocycles. The van der Waals surface area contributed by atoms with Gasteiger partial charge < -0.3 is 10.1 Å². The van der Waals surface area contributed by atoms with Gasteiger partial charge in [-0.05, 0) is 19.1 Å². The van der Waals surface area contributed by atoms with Gasteiger partial charge in [0.15, 0.2) is 5.82 Å². The topological polar surface area (TPSA) is 77.0 Å². The smallest absolute Gasteiger partial charge is 0.248 e. The number of rotatable bonds is 7. The SMILES string of the molecule is Cc1nc(COc2ccccc2C=CC(=O)Nc2cnc(-c3ccccc3)nc2)cs1. The van der Waals surface area contributed by atoms with E-state index in [2.05, 4.69) is 20.3 Å². The highest BCUT2D eigenvalue weighted by Gasteiger charge is 2.05. The van der Waals surface area contributed by atoms with Crippen LogP contribution in [0.4, 0.5) is 5.69 Å². The van der Waals surface area contributed by atoms with E-state index in [1.54, 1.807) is 29.8 Å². The Morgan fingerprint density at radius 3 is 2.55 bits per heavy atom. The molecule has 0 fully saturated rings. The number of carbonyl (C=O) groups is 1. The number of para-hydroxylation sites is 1. The van der Waals surface area contributed by atoms with E-state index in [1.165, 1.54) is 6.08 Å². The van der Waals surface area contributed by atoms with Crippen LogP contribution in [0.5, 0.6) is 5.75 Å². The van der Waals surface area contributed by atoms with Crippen molar-refractivity contribution in [2.24, 2.45) is 0 Å². The molecule has 31 heavy (non-hydrogen) atoms. The summed E-state index contributed by atoms with van der Waals surface area (Å²) >= 11 is 1.59. The van der Waals surface area contributed by atoms with Gasteiger partial charge in [0.25, 0.3) is 0 Å². The van der Waals surface area contributed by atoms with Crippen molar-refractivity contribution in [3.63, 3.8) is 0 Å². The maximum atomic E-state index is 12.3. The Hall–Kier alpha value is -3.84. The van der Waals surface area contributed by atoms with Crippen molar-refractivity contribution < 1.29 is 9.53 Å². The predicted octanol–water partition coefficient (Wildman–Crippen LogP) is 5.14. The van der Waals surface area contributed by atoms with Gasteiger partial charge in [-0.1, -0.05) is 48.5 Å². The molecule has 7 heteroatoms. The quantitative estimate of drug-likeness (QED) is 0.413. The molecular weight excluding hydrogens is 408 g/mol. The zero-order valence-corrected chi connectivity index (χ0v) is 17.7. The van der Waals surface area contributed by atoms with E-state index in [-0.39, 0.29) is 5.91 Å². The fourth-order valence-corrected chi connectivity index (χ4v) is 3.45. The number of nitrogens with one attached hydrogen (secondary N) is 1. The number of thiazole rings is 1. The molecular formula is C24H20N4O2S. The standard InChI is InChI=1S/C24H20N4O2S/c1-17-27-21(16-31-17)15-30-22-10-6-5-7-18(22)11-12-23(29)28-20-13-25-24(26-14-20)19-8-3-2-4-9-19/h2-14,16H,15H2,1H3,(H,28,29). The molecule has 0 radical (unpaired) electrons. The number of ether oxygens (including phenoxy) is 1. The Morgan fingerprint density at radius 2 is 1.81 bits per heavy atom. The number of hydrogen-bond acceptors (Lipinski definition) is 6. The highest BCUT2D eigenvalue weighted by Crippen LogP contribution is 2.21. The summed E-state index contributed by atoms with van der Waals surface area (Å²) in [6.07, 6.45) is 6.36. The first-order valence-corrected chi connectivity index (χ1v) is 10.5. The molecule has 0 spiro atoms. The minimum Gasteiger partial charge on any atom is -0.487 e. The second kappa shape index (κ2) is 9.77. The van der Waals surface area contributed by atoms with Gasteiger partial charge in [-0.2, -0.15) is 0 Å². The highest BCUT2D eigenvalue weighted by atomic mass is 32.1. The second-order valence-corrected chi connectivity index (χ2v) is 7.73. The van der Waals surface area contributed by atoms with Crippen LogP contribution in [0, 0.1) is 6.92 Å². The lowest BCUT2D eigenvalue weighted by atomic mass is 10.2. The molecule has 4 rings (SSSR count). The van der Waals surface area contributed by atoms with Gasteiger partial charge in [-0.3, -0.25) is 4.79 Å². The van der Waals surface area contributed by atoms with E-state index in [0.717, 1.165) is 21.8 Å². The number of anilines is 1. The molecule has 1 N–H and O–H groups in total. The lowest BCUT2D eigenvalue weighted by molar-refractivity contribution is -0.111. The Morgan fingerprint density at radius 1 is 1.06 bits per heavy atom. The Kier molecular flexibility index (Phi) is 6.44. The van der Waals surface area contributed by atoms with Gasteiger partial charge in [0.05, 0.1) is 28.8 Å². The molecule has 0 aliphatic heterocycles. The van der Waals surface area contributed by atoms with E-state index in [0.29, 0.717) is 23.9 Å². The summed E-state index contributed by atoms with van der Waals surface area (Å²) < 4.78 is 5.88. The number of aryl methyl sites for hydroxylation is 1. The zero-order valence-electron chi connectivity index (χ0n) is 16.9. The second-order valence-electron chi connectivity index (χ2n) is 6.67. The zero-order chi connectivity index (χ0) is 21.5. The highest BCUT2D eigenvalue weighted by molar-refractivity contribution is 7.09. The summed E-state index contributed by atoms with van der Waals surface area (Å²) in [7, 11) is 0. The third-order valence-corrected chi connectivity index (χ3v) is 5.15. The maximum absolute atomic E-state index is 12.3. The Balaban J connectivity index is 1.38. The number of aromatic nitrogens is 3. The molecule has 0 atom stereocenters. The molecule has 6 nitrogen and oxygen atoms in total. The predicted molar refractivity (Wildman–Crippen MR) is 123 cm³/mol. The van der Waals surface area contributed by atoms with Gasteiger partial charge in [-0.15, -0.1) is 11.3 Å². The maximum Gasteiger partial charge on any atom is 0.248 e. The molecule has 4 aromatic rings. The molecule has 2 aromatic carbocycles. The number of nitrogens with zero attached hydrogens (tertiary/aromatic N) is 3. The molecule has 0 bridgehead atoms. The van der Waals surface area contributed by atoms with Gasteiger partial charge in [-0.25, -0.2) is 15.0 Å². The van der Waals surface area contributed by atoms with Crippen LogP contribution in [0.15, 0.2) is 78.4 Å². The van der Waals surface area contributed by atoms with Crippen LogP contribution in [0.2, 0.25) is 0 Å². The number of amides is 1. The van der Waals surface area contributed by atoms with Crippen LogP contribution in [0.25, 0.3) is 17.5 Å². The fourth-order valence-electron chi connectivity index (χ4n) is 2.85. The van der Waals surface area contributed by atoms with E-state index < -0.39 is 0 Å². The van der Waals surface area contributed by atoms with Crippen LogP contribution in [0.1, 0.15) is 16.3 Å². The van der Waals surface area contributed by atoms with Crippen molar-refractivity contribution in [3.8, 4) is 17.1 Å². The first-order valence-electron chi connectivity index (χ1n) is 9.67. The van der Waals surface area contributed by atoms with E-state index in [9.17, 15) is 4.79 Å². The van der Waals surface area contributed by atoms with E-state index in [1.807, 2.05) is 66.9 Å². The number of hydrogen-bond donors (Lipinski definition) is 1. The van der Waals surface area contributed by atoms with Crippen molar-refractivity contribution in [2.45, 2.75) is 13.5 Å². The van der Waals surface area contributed by atoms with Crippen molar-refractivity contribution in [2.75, 3.05) is 5.32 Å².